The second-order valence-corrected chi connectivity index (χ2v) is 5.31. The Hall–Kier alpha value is -1.00. The van der Waals surface area contributed by atoms with Gasteiger partial charge in [0, 0.05) is 5.92 Å². The van der Waals surface area contributed by atoms with Crippen LogP contribution in [0.1, 0.15) is 36.5 Å². The van der Waals surface area contributed by atoms with Gasteiger partial charge in [0.2, 0.25) is 0 Å². The van der Waals surface area contributed by atoms with Crippen molar-refractivity contribution in [3.63, 3.8) is 0 Å². The number of hydrogen-bond acceptors (Lipinski definition) is 2. The minimum Gasteiger partial charge on any atom is -0.388 e. The molecule has 2 saturated heterocycles. The number of fused-ring (bicyclic) bond motifs is 2. The summed E-state index contributed by atoms with van der Waals surface area (Å²) in [5, 5.41) is 10.3. The Morgan fingerprint density at radius 1 is 1.33 bits per heavy atom. The van der Waals surface area contributed by atoms with E-state index in [1.165, 1.54) is 12.1 Å². The molecule has 18 heavy (non-hydrogen) atoms. The average Bonchev–Trinajstić information content (AvgIpc) is 2.96. The third kappa shape index (κ3) is 1.75. The molecule has 2 bridgehead atoms. The van der Waals surface area contributed by atoms with Gasteiger partial charge in [-0.3, -0.25) is 0 Å². The number of rotatable bonds is 2. The summed E-state index contributed by atoms with van der Waals surface area (Å²) in [6.45, 7) is 1.57. The Bertz CT molecular complexity index is 475. The summed E-state index contributed by atoms with van der Waals surface area (Å²) in [5.41, 5.74) is 0.158. The number of halogens is 2. The first kappa shape index (κ1) is 12.1. The highest BCUT2D eigenvalue weighted by Gasteiger charge is 2.45. The van der Waals surface area contributed by atoms with Gasteiger partial charge >= 0.3 is 0 Å². The van der Waals surface area contributed by atoms with Crippen molar-refractivity contribution >= 4 is 0 Å². The molecule has 1 N–H and O–H groups in total. The van der Waals surface area contributed by atoms with E-state index < -0.39 is 17.7 Å². The summed E-state index contributed by atoms with van der Waals surface area (Å²) in [6.07, 6.45) is 1.56. The summed E-state index contributed by atoms with van der Waals surface area (Å²) < 4.78 is 33.3. The van der Waals surface area contributed by atoms with Gasteiger partial charge in [-0.2, -0.15) is 0 Å². The first-order valence-electron chi connectivity index (χ1n) is 6.36. The predicted molar refractivity (Wildman–Crippen MR) is 62.1 cm³/mol. The van der Waals surface area contributed by atoms with Crippen LogP contribution in [0.3, 0.4) is 0 Å². The third-order valence-corrected chi connectivity index (χ3v) is 4.17. The SMILES string of the molecule is Cc1ccc(F)c(C(O)C2CC3CCC2O3)c1F. The molecule has 0 amide bonds. The Labute approximate surface area is 105 Å². The van der Waals surface area contributed by atoms with Gasteiger partial charge in [-0.05, 0) is 37.8 Å². The van der Waals surface area contributed by atoms with E-state index in [0.717, 1.165) is 12.8 Å². The van der Waals surface area contributed by atoms with Crippen LogP contribution in [0.5, 0.6) is 0 Å². The molecule has 3 rings (SSSR count). The van der Waals surface area contributed by atoms with Crippen LogP contribution in [0.25, 0.3) is 0 Å². The zero-order valence-electron chi connectivity index (χ0n) is 10.2. The molecule has 4 unspecified atom stereocenters. The molecule has 0 radical (unpaired) electrons. The van der Waals surface area contributed by atoms with Crippen LogP contribution in [-0.4, -0.2) is 17.3 Å². The number of ether oxygens (including phenoxy) is 1. The van der Waals surface area contributed by atoms with E-state index in [1.54, 1.807) is 6.92 Å². The zero-order valence-corrected chi connectivity index (χ0v) is 10.2. The van der Waals surface area contributed by atoms with Crippen LogP contribution in [-0.2, 0) is 4.74 Å². The molecule has 2 aliphatic heterocycles. The fourth-order valence-corrected chi connectivity index (χ4v) is 3.17. The molecule has 0 spiro atoms. The molecule has 0 aliphatic carbocycles. The number of aliphatic hydroxyl groups is 1. The number of hydrogen-bond donors (Lipinski definition) is 1. The van der Waals surface area contributed by atoms with Crippen LogP contribution >= 0.6 is 0 Å². The molecule has 4 atom stereocenters. The monoisotopic (exact) mass is 254 g/mol. The maximum atomic E-state index is 14.0. The molecule has 2 fully saturated rings. The molecular weight excluding hydrogens is 238 g/mol. The maximum Gasteiger partial charge on any atom is 0.134 e. The Balaban J connectivity index is 1.93. The van der Waals surface area contributed by atoms with Gasteiger partial charge in [0.05, 0.1) is 23.9 Å². The summed E-state index contributed by atoms with van der Waals surface area (Å²) in [7, 11) is 0. The van der Waals surface area contributed by atoms with Gasteiger partial charge in [0.1, 0.15) is 11.6 Å². The van der Waals surface area contributed by atoms with Gasteiger partial charge in [-0.25, -0.2) is 8.78 Å². The van der Waals surface area contributed by atoms with Crippen LogP contribution in [0.15, 0.2) is 12.1 Å². The van der Waals surface area contributed by atoms with Crippen LogP contribution < -0.4 is 0 Å². The van der Waals surface area contributed by atoms with Gasteiger partial charge in [-0.15, -0.1) is 0 Å². The lowest BCUT2D eigenvalue weighted by Gasteiger charge is -2.25. The van der Waals surface area contributed by atoms with E-state index in [4.69, 9.17) is 4.74 Å². The molecule has 2 heterocycles. The number of benzene rings is 1. The fraction of sp³-hybridized carbons (Fsp3) is 0.571. The highest BCUT2D eigenvalue weighted by atomic mass is 19.1. The smallest absolute Gasteiger partial charge is 0.134 e. The fourth-order valence-electron chi connectivity index (χ4n) is 3.17. The average molecular weight is 254 g/mol. The van der Waals surface area contributed by atoms with E-state index in [1.807, 2.05) is 0 Å². The zero-order chi connectivity index (χ0) is 12.9. The summed E-state index contributed by atoms with van der Waals surface area (Å²) in [4.78, 5) is 0. The highest BCUT2D eigenvalue weighted by molar-refractivity contribution is 5.29. The van der Waals surface area contributed by atoms with Gasteiger partial charge in [0.15, 0.2) is 0 Å². The van der Waals surface area contributed by atoms with Crippen molar-refractivity contribution in [2.24, 2.45) is 5.92 Å². The van der Waals surface area contributed by atoms with Crippen molar-refractivity contribution in [2.45, 2.75) is 44.5 Å². The predicted octanol–water partition coefficient (Wildman–Crippen LogP) is 2.87. The van der Waals surface area contributed by atoms with Gasteiger partial charge < -0.3 is 9.84 Å². The van der Waals surface area contributed by atoms with Crippen molar-refractivity contribution in [3.8, 4) is 0 Å². The molecule has 2 nitrogen and oxygen atoms in total. The van der Waals surface area contributed by atoms with E-state index in [9.17, 15) is 13.9 Å². The normalized spacial score (nSPS) is 31.9. The van der Waals surface area contributed by atoms with Crippen LogP contribution in [0.2, 0.25) is 0 Å². The third-order valence-electron chi connectivity index (χ3n) is 4.17. The maximum absolute atomic E-state index is 14.0. The molecule has 2 aliphatic rings. The van der Waals surface area contributed by atoms with E-state index >= 15 is 0 Å². The van der Waals surface area contributed by atoms with E-state index in [-0.39, 0.29) is 23.7 Å². The lowest BCUT2D eigenvalue weighted by atomic mass is 9.82. The molecule has 1 aromatic carbocycles. The van der Waals surface area contributed by atoms with Crippen molar-refractivity contribution in [2.75, 3.05) is 0 Å². The molecule has 0 aromatic heterocycles. The molecular formula is C14H16F2O2. The largest absolute Gasteiger partial charge is 0.388 e. The lowest BCUT2D eigenvalue weighted by Crippen LogP contribution is -2.25. The second-order valence-electron chi connectivity index (χ2n) is 5.31. The standard InChI is InChI=1S/C14H16F2O2/c1-7-2-4-10(15)12(13(7)16)14(17)9-6-8-3-5-11(9)18-8/h2,4,8-9,11,14,17H,3,5-6H2,1H3. The second kappa shape index (κ2) is 4.28. The Morgan fingerprint density at radius 2 is 2.11 bits per heavy atom. The Morgan fingerprint density at radius 3 is 2.72 bits per heavy atom. The van der Waals surface area contributed by atoms with Crippen molar-refractivity contribution < 1.29 is 18.6 Å². The quantitative estimate of drug-likeness (QED) is 0.879. The van der Waals surface area contributed by atoms with E-state index in [2.05, 4.69) is 0 Å². The minimum atomic E-state index is -1.11. The van der Waals surface area contributed by atoms with Crippen LogP contribution in [0, 0.1) is 24.5 Å². The topological polar surface area (TPSA) is 29.5 Å². The minimum absolute atomic E-state index is 0.0516. The molecule has 1 aromatic rings. The lowest BCUT2D eigenvalue weighted by molar-refractivity contribution is 0.0388. The number of aryl methyl sites for hydroxylation is 1. The van der Waals surface area contributed by atoms with Crippen molar-refractivity contribution in [3.05, 3.63) is 34.9 Å². The summed E-state index contributed by atoms with van der Waals surface area (Å²) in [5.74, 6) is -1.49. The van der Waals surface area contributed by atoms with E-state index in [0.29, 0.717) is 12.0 Å². The molecule has 98 valence electrons. The summed E-state index contributed by atoms with van der Waals surface area (Å²) in [6, 6.07) is 2.60. The molecule has 4 heteroatoms. The van der Waals surface area contributed by atoms with Gasteiger partial charge in [0.25, 0.3) is 0 Å². The van der Waals surface area contributed by atoms with Crippen molar-refractivity contribution in [1.82, 2.24) is 0 Å². The highest BCUT2D eigenvalue weighted by Crippen LogP contribution is 2.45. The van der Waals surface area contributed by atoms with Crippen LogP contribution in [0.4, 0.5) is 8.78 Å². The van der Waals surface area contributed by atoms with Crippen molar-refractivity contribution in [1.29, 1.82) is 0 Å². The summed E-state index contributed by atoms with van der Waals surface area (Å²) >= 11 is 0. The number of aliphatic hydroxyl groups excluding tert-OH is 1. The Kier molecular flexibility index (Phi) is 2.87. The first-order chi connectivity index (χ1) is 8.58. The molecule has 0 saturated carbocycles. The first-order valence-corrected chi connectivity index (χ1v) is 6.36. The van der Waals surface area contributed by atoms with Gasteiger partial charge in [-0.1, -0.05) is 6.07 Å².